The molecule has 1 aliphatic rings. The SMILES string of the molecule is CC1(C)c2cc(-c3nc(-c4ccc(-c5ccccc5)cc4)nc(-n4c5ccccc5c5ccccc54)n3)ccc2-c2cc3nc(-c4ccccc4)oc3cc21. The highest BCUT2D eigenvalue weighted by Gasteiger charge is 2.37. The topological polar surface area (TPSA) is 69.6 Å². The van der Waals surface area contributed by atoms with E-state index in [1.807, 2.05) is 36.4 Å². The van der Waals surface area contributed by atoms with Crippen molar-refractivity contribution in [2.45, 2.75) is 19.3 Å². The minimum Gasteiger partial charge on any atom is -0.436 e. The number of fused-ring (bicyclic) bond motifs is 7. The van der Waals surface area contributed by atoms with Crippen LogP contribution in [0.4, 0.5) is 0 Å². The quantitative estimate of drug-likeness (QED) is 0.178. The van der Waals surface area contributed by atoms with Gasteiger partial charge in [0.05, 0.1) is 11.0 Å². The van der Waals surface area contributed by atoms with E-state index in [-0.39, 0.29) is 5.41 Å². The summed E-state index contributed by atoms with van der Waals surface area (Å²) in [7, 11) is 0. The monoisotopic (exact) mass is 707 g/mol. The first-order chi connectivity index (χ1) is 27.0. The van der Waals surface area contributed by atoms with Crippen molar-refractivity contribution in [1.82, 2.24) is 24.5 Å². The molecule has 0 saturated carbocycles. The highest BCUT2D eigenvalue weighted by atomic mass is 16.3. The number of para-hydroxylation sites is 2. The Kier molecular flexibility index (Phi) is 6.79. The molecule has 0 N–H and O–H groups in total. The summed E-state index contributed by atoms with van der Waals surface area (Å²) in [6, 6.07) is 56.8. The van der Waals surface area contributed by atoms with Gasteiger partial charge in [0.1, 0.15) is 5.52 Å². The Labute approximate surface area is 317 Å². The summed E-state index contributed by atoms with van der Waals surface area (Å²) in [4.78, 5) is 20.5. The first kappa shape index (κ1) is 31.4. The number of aromatic nitrogens is 5. The molecular formula is C49H33N5O. The van der Waals surface area contributed by atoms with Gasteiger partial charge in [-0.1, -0.05) is 135 Å². The fourth-order valence-corrected chi connectivity index (χ4v) is 8.30. The molecule has 6 nitrogen and oxygen atoms in total. The number of rotatable bonds is 5. The van der Waals surface area contributed by atoms with Crippen molar-refractivity contribution in [1.29, 1.82) is 0 Å². The Morgan fingerprint density at radius 1 is 0.455 bits per heavy atom. The molecule has 3 heterocycles. The van der Waals surface area contributed by atoms with Crippen LogP contribution in [0.5, 0.6) is 0 Å². The second-order valence-corrected chi connectivity index (χ2v) is 14.7. The third-order valence-corrected chi connectivity index (χ3v) is 11.1. The third-order valence-electron chi connectivity index (χ3n) is 11.1. The van der Waals surface area contributed by atoms with Crippen molar-refractivity contribution in [3.8, 4) is 62.4 Å². The van der Waals surface area contributed by atoms with E-state index in [1.165, 1.54) is 27.8 Å². The number of hydrogen-bond donors (Lipinski definition) is 0. The molecule has 0 fully saturated rings. The Bertz CT molecular complexity index is 3050. The predicted molar refractivity (Wildman–Crippen MR) is 221 cm³/mol. The van der Waals surface area contributed by atoms with Gasteiger partial charge in [-0.05, 0) is 75.8 Å². The zero-order valence-electron chi connectivity index (χ0n) is 30.2. The average Bonchev–Trinajstić information content (AvgIpc) is 3.89. The maximum absolute atomic E-state index is 6.32. The normalized spacial score (nSPS) is 13.1. The lowest BCUT2D eigenvalue weighted by molar-refractivity contribution is 0.614. The van der Waals surface area contributed by atoms with Gasteiger partial charge in [-0.25, -0.2) is 9.97 Å². The predicted octanol–water partition coefficient (Wildman–Crippen LogP) is 12.1. The van der Waals surface area contributed by atoms with E-state index in [1.54, 1.807) is 0 Å². The average molecular weight is 708 g/mol. The van der Waals surface area contributed by atoms with Crippen molar-refractivity contribution in [2.24, 2.45) is 0 Å². The summed E-state index contributed by atoms with van der Waals surface area (Å²) in [5.74, 6) is 2.44. The Morgan fingerprint density at radius 2 is 1.00 bits per heavy atom. The van der Waals surface area contributed by atoms with E-state index >= 15 is 0 Å². The summed E-state index contributed by atoms with van der Waals surface area (Å²) < 4.78 is 8.48. The summed E-state index contributed by atoms with van der Waals surface area (Å²) >= 11 is 0. The number of benzene rings is 7. The lowest BCUT2D eigenvalue weighted by Gasteiger charge is -2.21. The molecule has 0 amide bonds. The van der Waals surface area contributed by atoms with Gasteiger partial charge in [-0.3, -0.25) is 4.57 Å². The largest absolute Gasteiger partial charge is 0.436 e. The standard InChI is InChI=1S/C49H33N5O/c1-49(2)39-27-34(25-26-35(39)38-28-41-44(29-40(38)49)55-47(50-41)33-15-7-4-8-16-33)46-51-45(32-23-21-31(22-24-32)30-13-5-3-6-14-30)52-48(53-46)54-42-19-11-9-17-36(42)37-18-10-12-20-43(37)54/h3-29H,1-2H3. The van der Waals surface area contributed by atoms with Gasteiger partial charge in [0.15, 0.2) is 17.2 Å². The van der Waals surface area contributed by atoms with Crippen molar-refractivity contribution in [3.63, 3.8) is 0 Å². The van der Waals surface area contributed by atoms with Gasteiger partial charge < -0.3 is 4.42 Å². The molecule has 0 spiro atoms. The fraction of sp³-hybridized carbons (Fsp3) is 0.0612. The highest BCUT2D eigenvalue weighted by Crippen LogP contribution is 2.51. The molecule has 0 radical (unpaired) electrons. The molecule has 0 bridgehead atoms. The van der Waals surface area contributed by atoms with E-state index in [4.69, 9.17) is 24.4 Å². The van der Waals surface area contributed by atoms with Crippen LogP contribution in [0.2, 0.25) is 0 Å². The van der Waals surface area contributed by atoms with E-state index in [2.05, 4.69) is 146 Å². The summed E-state index contributed by atoms with van der Waals surface area (Å²) in [5, 5.41) is 2.31. The first-order valence-electron chi connectivity index (χ1n) is 18.6. The fourth-order valence-electron chi connectivity index (χ4n) is 8.30. The number of oxazole rings is 1. The molecule has 1 aliphatic carbocycles. The number of hydrogen-bond acceptors (Lipinski definition) is 5. The molecule has 0 aliphatic heterocycles. The maximum atomic E-state index is 6.32. The van der Waals surface area contributed by atoms with E-state index in [0.717, 1.165) is 55.2 Å². The molecule has 0 atom stereocenters. The van der Waals surface area contributed by atoms with Crippen molar-refractivity contribution >= 4 is 32.9 Å². The first-order valence-corrected chi connectivity index (χ1v) is 18.6. The van der Waals surface area contributed by atoms with Crippen LogP contribution in [0.1, 0.15) is 25.0 Å². The minimum absolute atomic E-state index is 0.298. The Morgan fingerprint density at radius 3 is 1.69 bits per heavy atom. The molecule has 7 aromatic carbocycles. The van der Waals surface area contributed by atoms with Crippen LogP contribution in [0.3, 0.4) is 0 Å². The zero-order chi connectivity index (χ0) is 36.7. The van der Waals surface area contributed by atoms with Gasteiger partial charge in [0.2, 0.25) is 11.8 Å². The smallest absolute Gasteiger partial charge is 0.238 e. The minimum atomic E-state index is -0.298. The molecule has 10 aromatic rings. The Hall–Kier alpha value is -7.18. The van der Waals surface area contributed by atoms with Gasteiger partial charge in [0, 0.05) is 32.9 Å². The van der Waals surface area contributed by atoms with Gasteiger partial charge in [-0.2, -0.15) is 9.97 Å². The second kappa shape index (κ2) is 11.9. The van der Waals surface area contributed by atoms with Crippen LogP contribution >= 0.6 is 0 Å². The molecular weight excluding hydrogens is 675 g/mol. The molecule has 3 aromatic heterocycles. The van der Waals surface area contributed by atoms with E-state index in [9.17, 15) is 0 Å². The van der Waals surface area contributed by atoms with Gasteiger partial charge >= 0.3 is 0 Å². The molecule has 55 heavy (non-hydrogen) atoms. The summed E-state index contributed by atoms with van der Waals surface area (Å²) in [5.41, 5.74) is 13.3. The van der Waals surface area contributed by atoms with Crippen LogP contribution in [0.15, 0.2) is 168 Å². The molecule has 0 unspecified atom stereocenters. The van der Waals surface area contributed by atoms with Crippen LogP contribution < -0.4 is 0 Å². The van der Waals surface area contributed by atoms with Crippen molar-refractivity contribution in [2.75, 3.05) is 0 Å². The number of nitrogens with zero attached hydrogens (tertiary/aromatic N) is 5. The molecule has 0 saturated heterocycles. The van der Waals surface area contributed by atoms with Gasteiger partial charge in [-0.15, -0.1) is 0 Å². The molecule has 6 heteroatoms. The molecule has 11 rings (SSSR count). The van der Waals surface area contributed by atoms with Crippen molar-refractivity contribution in [3.05, 3.63) is 175 Å². The van der Waals surface area contributed by atoms with Crippen molar-refractivity contribution < 1.29 is 4.42 Å². The van der Waals surface area contributed by atoms with Crippen LogP contribution in [-0.2, 0) is 5.41 Å². The van der Waals surface area contributed by atoms with Crippen LogP contribution in [0, 0.1) is 0 Å². The lowest BCUT2D eigenvalue weighted by Crippen LogP contribution is -2.15. The van der Waals surface area contributed by atoms with Crippen LogP contribution in [0.25, 0.3) is 95.3 Å². The highest BCUT2D eigenvalue weighted by molar-refractivity contribution is 6.09. The zero-order valence-corrected chi connectivity index (χ0v) is 30.2. The summed E-state index contributed by atoms with van der Waals surface area (Å²) in [6.45, 7) is 4.55. The summed E-state index contributed by atoms with van der Waals surface area (Å²) in [6.07, 6.45) is 0. The third kappa shape index (κ3) is 4.95. The van der Waals surface area contributed by atoms with E-state index in [0.29, 0.717) is 23.5 Å². The lowest BCUT2D eigenvalue weighted by atomic mass is 9.82. The van der Waals surface area contributed by atoms with E-state index < -0.39 is 0 Å². The van der Waals surface area contributed by atoms with Gasteiger partial charge in [0.25, 0.3) is 0 Å². The second-order valence-electron chi connectivity index (χ2n) is 14.7. The Balaban J connectivity index is 1.07. The van der Waals surface area contributed by atoms with Crippen LogP contribution in [-0.4, -0.2) is 24.5 Å². The maximum Gasteiger partial charge on any atom is 0.238 e. The molecule has 260 valence electrons.